The Labute approximate surface area is 219 Å². The fraction of sp³-hybridized carbons (Fsp3) is 0.900. The van der Waals surface area contributed by atoms with E-state index in [0.717, 1.165) is 0 Å². The van der Waals surface area contributed by atoms with Crippen molar-refractivity contribution in [2.24, 2.45) is 5.92 Å². The molecule has 1 atom stereocenters. The van der Waals surface area contributed by atoms with Crippen molar-refractivity contribution in [2.45, 2.75) is 55.6 Å². The maximum Gasteiger partial charge on any atom is 0.460 e. The summed E-state index contributed by atoms with van der Waals surface area (Å²) in [5, 5.41) is 11.7. The number of carbonyl (C=O) groups is 2. The van der Waals surface area contributed by atoms with Gasteiger partial charge < -0.3 is 14.9 Å². The number of nitrogens with one attached hydrogen (secondary N) is 1. The van der Waals surface area contributed by atoms with Gasteiger partial charge in [0.25, 0.3) is 0 Å². The smallest absolute Gasteiger partial charge is 0.460 e. The Balaban J connectivity index is 4.89. The molecular formula is C20H28F13N2O3S+. The highest BCUT2D eigenvalue weighted by Crippen LogP contribution is 2.60. The molecule has 0 saturated carbocycles. The third kappa shape index (κ3) is 8.99. The summed E-state index contributed by atoms with van der Waals surface area (Å²) in [7, 11) is 3.36. The lowest BCUT2D eigenvalue weighted by Gasteiger charge is -2.39. The molecule has 0 radical (unpaired) electrons. The molecule has 0 heterocycles. The highest BCUT2D eigenvalue weighted by Gasteiger charge is 2.90. The molecule has 0 aromatic heterocycles. The van der Waals surface area contributed by atoms with E-state index >= 15 is 0 Å². The van der Waals surface area contributed by atoms with Gasteiger partial charge in [-0.3, -0.25) is 4.79 Å². The second-order valence-electron chi connectivity index (χ2n) is 9.44. The number of hydrogen-bond acceptors (Lipinski definition) is 4. The van der Waals surface area contributed by atoms with Crippen LogP contribution < -0.4 is 5.32 Å². The molecule has 0 fully saturated rings. The Morgan fingerprint density at radius 2 is 1.33 bits per heavy atom. The Bertz CT molecular complexity index is 836. The van der Waals surface area contributed by atoms with Crippen LogP contribution in [0.1, 0.15) is 19.8 Å². The number of thioether (sulfide) groups is 1. The highest BCUT2D eigenvalue weighted by atomic mass is 32.2. The number of carboxylic acid groups (broad SMARTS) is 1. The fourth-order valence-electron chi connectivity index (χ4n) is 2.98. The van der Waals surface area contributed by atoms with Gasteiger partial charge in [-0.05, 0) is 5.75 Å². The Hall–Kier alpha value is -1.50. The monoisotopic (exact) mass is 623 g/mol. The van der Waals surface area contributed by atoms with Gasteiger partial charge in [0.15, 0.2) is 6.54 Å². The largest absolute Gasteiger partial charge is 0.477 e. The summed E-state index contributed by atoms with van der Waals surface area (Å²) >= 11 is 0.204. The maximum absolute atomic E-state index is 13.8. The number of alkyl halides is 13. The minimum absolute atomic E-state index is 0.0642. The SMILES string of the molecule is CC(CNCCC[N+](C)(C)CC(=O)O)C(=O)CSCCC(F)(F)C(F)(F)C(F)(F)C(F)(F)C(F)(F)C(F)(F)F. The summed E-state index contributed by atoms with van der Waals surface area (Å²) in [5.41, 5.74) is 0. The molecule has 5 nitrogen and oxygen atoms in total. The van der Waals surface area contributed by atoms with Gasteiger partial charge in [0.1, 0.15) is 5.78 Å². The van der Waals surface area contributed by atoms with E-state index in [4.69, 9.17) is 5.11 Å². The van der Waals surface area contributed by atoms with Crippen molar-refractivity contribution in [2.75, 3.05) is 51.8 Å². The number of carbonyl (C=O) groups excluding carboxylic acids is 1. The summed E-state index contributed by atoms with van der Waals surface area (Å²) in [5.74, 6) is -41.2. The second kappa shape index (κ2) is 13.0. The molecule has 0 saturated heterocycles. The third-order valence-corrected chi connectivity index (χ3v) is 6.47. The number of rotatable bonds is 18. The van der Waals surface area contributed by atoms with Crippen molar-refractivity contribution in [3.05, 3.63) is 0 Å². The summed E-state index contributed by atoms with van der Waals surface area (Å²) in [6.45, 7) is 2.16. The van der Waals surface area contributed by atoms with Gasteiger partial charge >= 0.3 is 41.8 Å². The van der Waals surface area contributed by atoms with E-state index in [1.54, 1.807) is 14.1 Å². The van der Waals surface area contributed by atoms with Crippen molar-refractivity contribution < 1.29 is 76.3 Å². The normalized spacial score (nSPS) is 15.4. The molecule has 0 aliphatic heterocycles. The zero-order chi connectivity index (χ0) is 31.3. The van der Waals surface area contributed by atoms with Crippen molar-refractivity contribution in [3.63, 3.8) is 0 Å². The van der Waals surface area contributed by atoms with Gasteiger partial charge in [-0.25, -0.2) is 4.79 Å². The van der Waals surface area contributed by atoms with Gasteiger partial charge in [0.05, 0.1) is 26.4 Å². The summed E-state index contributed by atoms with van der Waals surface area (Å²) in [6, 6.07) is 0. The first-order chi connectivity index (χ1) is 17.2. The number of quaternary nitrogens is 1. The summed E-state index contributed by atoms with van der Waals surface area (Å²) in [4.78, 5) is 22.8. The maximum atomic E-state index is 13.8. The van der Waals surface area contributed by atoms with Crippen LogP contribution in [0.25, 0.3) is 0 Å². The van der Waals surface area contributed by atoms with Gasteiger partial charge in [-0.2, -0.15) is 68.8 Å². The molecule has 0 aromatic carbocycles. The van der Waals surface area contributed by atoms with E-state index in [9.17, 15) is 66.7 Å². The fourth-order valence-corrected chi connectivity index (χ4v) is 4.01. The molecule has 0 bridgehead atoms. The Morgan fingerprint density at radius 1 is 0.846 bits per heavy atom. The number of likely N-dealkylation sites (N-methyl/N-ethyl adjacent to an activating group) is 1. The minimum Gasteiger partial charge on any atom is -0.477 e. The lowest BCUT2D eigenvalue weighted by molar-refractivity contribution is -0.883. The van der Waals surface area contributed by atoms with Gasteiger partial charge in [0, 0.05) is 31.8 Å². The van der Waals surface area contributed by atoms with Crippen LogP contribution in [0, 0.1) is 5.92 Å². The van der Waals surface area contributed by atoms with E-state index in [2.05, 4.69) is 5.32 Å². The number of carboxylic acids is 1. The summed E-state index contributed by atoms with van der Waals surface area (Å²) < 4.78 is 170. The minimum atomic E-state index is -7.93. The van der Waals surface area contributed by atoms with Crippen molar-refractivity contribution in [1.82, 2.24) is 5.32 Å². The predicted octanol–water partition coefficient (Wildman–Crippen LogP) is 5.19. The summed E-state index contributed by atoms with van der Waals surface area (Å²) in [6.07, 6.45) is -9.29. The van der Waals surface area contributed by atoms with E-state index in [0.29, 0.717) is 19.5 Å². The van der Waals surface area contributed by atoms with Gasteiger partial charge in [0.2, 0.25) is 0 Å². The van der Waals surface area contributed by atoms with Crippen LogP contribution >= 0.6 is 11.8 Å². The van der Waals surface area contributed by atoms with Crippen molar-refractivity contribution in [1.29, 1.82) is 0 Å². The lowest BCUT2D eigenvalue weighted by Crippen LogP contribution is -2.70. The quantitative estimate of drug-likeness (QED) is 0.125. The molecule has 0 spiro atoms. The molecule has 39 heavy (non-hydrogen) atoms. The number of nitrogens with zero attached hydrogens (tertiary/aromatic N) is 1. The highest BCUT2D eigenvalue weighted by molar-refractivity contribution is 7.99. The zero-order valence-corrected chi connectivity index (χ0v) is 21.6. The Kier molecular flexibility index (Phi) is 12.5. The molecule has 0 aromatic rings. The first-order valence-corrected chi connectivity index (χ1v) is 12.1. The first kappa shape index (κ1) is 37.5. The zero-order valence-electron chi connectivity index (χ0n) is 20.8. The van der Waals surface area contributed by atoms with E-state index < -0.39 is 71.4 Å². The van der Waals surface area contributed by atoms with Crippen LogP contribution in [0.4, 0.5) is 57.1 Å². The average molecular weight is 623 g/mol. The average Bonchev–Trinajstić information content (AvgIpc) is 2.73. The van der Waals surface area contributed by atoms with Crippen LogP contribution in [0.3, 0.4) is 0 Å². The van der Waals surface area contributed by atoms with Gasteiger partial charge in [-0.1, -0.05) is 6.92 Å². The van der Waals surface area contributed by atoms with E-state index in [1.165, 1.54) is 6.92 Å². The van der Waals surface area contributed by atoms with Crippen LogP contribution in [-0.4, -0.2) is 109 Å². The molecule has 0 amide bonds. The third-order valence-electron chi connectivity index (χ3n) is 5.48. The predicted molar refractivity (Wildman–Crippen MR) is 114 cm³/mol. The van der Waals surface area contributed by atoms with Crippen molar-refractivity contribution >= 4 is 23.5 Å². The molecule has 1 unspecified atom stereocenters. The van der Waals surface area contributed by atoms with Crippen LogP contribution in [0.15, 0.2) is 0 Å². The molecule has 232 valence electrons. The standard InChI is InChI=1S/C20H27F13N2O3S/c1-12(9-34-6-4-7-35(2,3)10-14(37)38)13(36)11-39-8-5-15(21,22)16(23,24)17(25,26)18(27,28)19(29,30)20(31,32)33/h12,34H,4-11H2,1-3H3/p+1. The number of ketones is 1. The number of Topliss-reactive ketones (excluding diaryl/α,β-unsaturated/α-hetero) is 1. The van der Waals surface area contributed by atoms with E-state index in [1.807, 2.05) is 0 Å². The first-order valence-electron chi connectivity index (χ1n) is 11.0. The topological polar surface area (TPSA) is 66.4 Å². The molecule has 0 aliphatic carbocycles. The van der Waals surface area contributed by atoms with Crippen LogP contribution in [-0.2, 0) is 9.59 Å². The molecule has 0 rings (SSSR count). The lowest BCUT2D eigenvalue weighted by atomic mass is 9.93. The van der Waals surface area contributed by atoms with Gasteiger partial charge in [-0.15, -0.1) is 0 Å². The van der Waals surface area contributed by atoms with Crippen molar-refractivity contribution in [3.8, 4) is 0 Å². The second-order valence-corrected chi connectivity index (χ2v) is 10.5. The molecule has 2 N–H and O–H groups in total. The number of aliphatic carboxylic acids is 1. The number of halogens is 13. The van der Waals surface area contributed by atoms with Crippen LogP contribution in [0.5, 0.6) is 0 Å². The Morgan fingerprint density at radius 3 is 1.79 bits per heavy atom. The number of hydrogen-bond donors (Lipinski definition) is 2. The molecule has 0 aliphatic rings. The molecule has 19 heteroatoms. The van der Waals surface area contributed by atoms with Crippen LogP contribution in [0.2, 0.25) is 0 Å². The van der Waals surface area contributed by atoms with E-state index in [-0.39, 0.29) is 29.3 Å². The molecular weight excluding hydrogens is 595 g/mol.